The molecule has 6 nitrogen and oxygen atoms in total. The molecule has 2 saturated heterocycles. The first-order valence-corrected chi connectivity index (χ1v) is 8.98. The van der Waals surface area contributed by atoms with E-state index in [0.717, 1.165) is 18.4 Å². The van der Waals surface area contributed by atoms with Crippen LogP contribution >= 0.6 is 0 Å². The van der Waals surface area contributed by atoms with Crippen LogP contribution in [0.25, 0.3) is 0 Å². The average molecular weight is 345 g/mol. The Morgan fingerprint density at radius 1 is 1.24 bits per heavy atom. The second-order valence-corrected chi connectivity index (χ2v) is 7.07. The number of nitrogens with two attached hydrogens (primary N) is 1. The molecule has 0 saturated carbocycles. The maximum absolute atomic E-state index is 12.6. The van der Waals surface area contributed by atoms with Gasteiger partial charge < -0.3 is 20.7 Å². The molecule has 2 aliphatic heterocycles. The SMILES string of the molecule is CNC(=O)c1ccc(C(CN)C(=O)OC2CC3CCC(C2)N3C)cc1. The highest BCUT2D eigenvalue weighted by atomic mass is 16.5. The van der Waals surface area contributed by atoms with Crippen molar-refractivity contribution >= 4 is 11.9 Å². The van der Waals surface area contributed by atoms with E-state index in [1.165, 1.54) is 12.8 Å². The van der Waals surface area contributed by atoms with Gasteiger partial charge in [0.05, 0.1) is 5.92 Å². The van der Waals surface area contributed by atoms with Gasteiger partial charge in [-0.15, -0.1) is 0 Å². The maximum atomic E-state index is 12.6. The van der Waals surface area contributed by atoms with Crippen LogP contribution in [-0.4, -0.2) is 55.6 Å². The van der Waals surface area contributed by atoms with E-state index in [9.17, 15) is 9.59 Å². The van der Waals surface area contributed by atoms with Gasteiger partial charge >= 0.3 is 5.97 Å². The molecule has 136 valence electrons. The minimum Gasteiger partial charge on any atom is -0.462 e. The first kappa shape index (κ1) is 17.9. The molecule has 2 aliphatic rings. The highest BCUT2D eigenvalue weighted by Gasteiger charge is 2.40. The summed E-state index contributed by atoms with van der Waals surface area (Å²) < 4.78 is 5.80. The lowest BCUT2D eigenvalue weighted by molar-refractivity contribution is -0.154. The fraction of sp³-hybridized carbons (Fsp3) is 0.579. The molecule has 1 aromatic rings. The molecule has 0 aromatic heterocycles. The van der Waals surface area contributed by atoms with E-state index in [1.54, 1.807) is 31.3 Å². The summed E-state index contributed by atoms with van der Waals surface area (Å²) >= 11 is 0. The lowest BCUT2D eigenvalue weighted by atomic mass is 9.97. The molecular formula is C19H27N3O3. The van der Waals surface area contributed by atoms with Crippen molar-refractivity contribution in [3.63, 3.8) is 0 Å². The van der Waals surface area contributed by atoms with Gasteiger partial charge in [0, 0.05) is 31.2 Å². The summed E-state index contributed by atoms with van der Waals surface area (Å²) in [5.74, 6) is -0.902. The van der Waals surface area contributed by atoms with Crippen LogP contribution in [0, 0.1) is 0 Å². The van der Waals surface area contributed by atoms with Crippen molar-refractivity contribution in [2.75, 3.05) is 20.6 Å². The van der Waals surface area contributed by atoms with Gasteiger partial charge in [-0.05, 0) is 50.4 Å². The topological polar surface area (TPSA) is 84.7 Å². The number of rotatable bonds is 5. The molecule has 3 rings (SSSR count). The first-order chi connectivity index (χ1) is 12.0. The summed E-state index contributed by atoms with van der Waals surface area (Å²) in [5.41, 5.74) is 7.18. The molecule has 6 heteroatoms. The number of nitrogens with one attached hydrogen (secondary N) is 1. The summed E-state index contributed by atoms with van der Waals surface area (Å²) in [6.07, 6.45) is 4.19. The van der Waals surface area contributed by atoms with Crippen molar-refractivity contribution in [2.24, 2.45) is 5.73 Å². The monoisotopic (exact) mass is 345 g/mol. The van der Waals surface area contributed by atoms with E-state index >= 15 is 0 Å². The van der Waals surface area contributed by atoms with Crippen LogP contribution in [0.5, 0.6) is 0 Å². The summed E-state index contributed by atoms with van der Waals surface area (Å²) in [7, 11) is 3.75. The van der Waals surface area contributed by atoms with Crippen LogP contribution in [0.1, 0.15) is 47.5 Å². The maximum Gasteiger partial charge on any atom is 0.314 e. The minimum atomic E-state index is -0.490. The molecule has 0 spiro atoms. The molecule has 3 atom stereocenters. The van der Waals surface area contributed by atoms with Gasteiger partial charge in [-0.2, -0.15) is 0 Å². The Morgan fingerprint density at radius 2 is 1.84 bits per heavy atom. The second-order valence-electron chi connectivity index (χ2n) is 7.07. The quantitative estimate of drug-likeness (QED) is 0.785. The van der Waals surface area contributed by atoms with Crippen LogP contribution < -0.4 is 11.1 Å². The third kappa shape index (κ3) is 3.70. The number of amides is 1. The standard InChI is InChI=1S/C19H27N3O3/c1-21-18(23)13-5-3-12(4-6-13)17(11-20)19(24)25-16-9-14-7-8-15(10-16)22(14)2/h3-6,14-17H,7-11,20H2,1-2H3,(H,21,23). The number of benzene rings is 1. The average Bonchev–Trinajstić information content (AvgIpc) is 2.83. The summed E-state index contributed by atoms with van der Waals surface area (Å²) in [6.45, 7) is 0.192. The molecule has 25 heavy (non-hydrogen) atoms. The van der Waals surface area contributed by atoms with Crippen molar-refractivity contribution in [1.82, 2.24) is 10.2 Å². The third-order valence-electron chi connectivity index (χ3n) is 5.66. The Morgan fingerprint density at radius 3 is 2.36 bits per heavy atom. The number of hydrogen-bond donors (Lipinski definition) is 2. The van der Waals surface area contributed by atoms with Crippen LogP contribution in [0.3, 0.4) is 0 Å². The number of piperidine rings is 1. The second kappa shape index (κ2) is 7.54. The number of esters is 1. The van der Waals surface area contributed by atoms with Gasteiger partial charge in [0.25, 0.3) is 5.91 Å². The summed E-state index contributed by atoms with van der Waals surface area (Å²) in [4.78, 5) is 26.7. The van der Waals surface area contributed by atoms with Crippen molar-refractivity contribution < 1.29 is 14.3 Å². The van der Waals surface area contributed by atoms with E-state index in [4.69, 9.17) is 10.5 Å². The van der Waals surface area contributed by atoms with Gasteiger partial charge in [0.1, 0.15) is 6.10 Å². The molecule has 3 unspecified atom stereocenters. The molecular weight excluding hydrogens is 318 g/mol. The highest BCUT2D eigenvalue weighted by Crippen LogP contribution is 2.36. The van der Waals surface area contributed by atoms with Crippen LogP contribution in [0.15, 0.2) is 24.3 Å². The zero-order valence-electron chi connectivity index (χ0n) is 14.9. The van der Waals surface area contributed by atoms with Gasteiger partial charge in [-0.1, -0.05) is 12.1 Å². The number of fused-ring (bicyclic) bond motifs is 2. The van der Waals surface area contributed by atoms with Crippen molar-refractivity contribution in [3.05, 3.63) is 35.4 Å². The predicted octanol–water partition coefficient (Wildman–Crippen LogP) is 1.26. The lowest BCUT2D eigenvalue weighted by Crippen LogP contribution is -2.44. The molecule has 0 aliphatic carbocycles. The number of nitrogens with zero attached hydrogens (tertiary/aromatic N) is 1. The molecule has 2 bridgehead atoms. The van der Waals surface area contributed by atoms with E-state index in [1.807, 2.05) is 0 Å². The van der Waals surface area contributed by atoms with Crippen LogP contribution in [-0.2, 0) is 9.53 Å². The van der Waals surface area contributed by atoms with E-state index in [0.29, 0.717) is 17.6 Å². The Labute approximate surface area is 148 Å². The Hall–Kier alpha value is -1.92. The number of ether oxygens (including phenoxy) is 1. The predicted molar refractivity (Wildman–Crippen MR) is 95.3 cm³/mol. The molecule has 1 amide bonds. The minimum absolute atomic E-state index is 0.0135. The Balaban J connectivity index is 1.64. The van der Waals surface area contributed by atoms with Gasteiger partial charge in [-0.25, -0.2) is 0 Å². The Bertz CT molecular complexity index is 617. The molecule has 2 heterocycles. The fourth-order valence-electron chi connectivity index (χ4n) is 4.08. The number of carbonyl (C=O) groups excluding carboxylic acids is 2. The smallest absolute Gasteiger partial charge is 0.314 e. The number of carbonyl (C=O) groups is 2. The van der Waals surface area contributed by atoms with Crippen molar-refractivity contribution in [3.8, 4) is 0 Å². The first-order valence-electron chi connectivity index (χ1n) is 8.98. The largest absolute Gasteiger partial charge is 0.462 e. The van der Waals surface area contributed by atoms with Crippen LogP contribution in [0.2, 0.25) is 0 Å². The lowest BCUT2D eigenvalue weighted by Gasteiger charge is -2.36. The normalized spacial score (nSPS) is 26.9. The zero-order chi connectivity index (χ0) is 18.0. The van der Waals surface area contributed by atoms with Gasteiger partial charge in [0.15, 0.2) is 0 Å². The van der Waals surface area contributed by atoms with Gasteiger partial charge in [-0.3, -0.25) is 9.59 Å². The summed E-state index contributed by atoms with van der Waals surface area (Å²) in [5, 5.41) is 2.58. The van der Waals surface area contributed by atoms with E-state index in [-0.39, 0.29) is 24.5 Å². The van der Waals surface area contributed by atoms with E-state index in [2.05, 4.69) is 17.3 Å². The third-order valence-corrected chi connectivity index (χ3v) is 5.66. The van der Waals surface area contributed by atoms with Crippen molar-refractivity contribution in [1.29, 1.82) is 0 Å². The number of hydrogen-bond acceptors (Lipinski definition) is 5. The highest BCUT2D eigenvalue weighted by molar-refractivity contribution is 5.94. The van der Waals surface area contributed by atoms with Gasteiger partial charge in [0.2, 0.25) is 0 Å². The molecule has 2 fully saturated rings. The van der Waals surface area contributed by atoms with Crippen molar-refractivity contribution in [2.45, 2.75) is 49.8 Å². The van der Waals surface area contributed by atoms with Crippen LogP contribution in [0.4, 0.5) is 0 Å². The molecule has 0 radical (unpaired) electrons. The van der Waals surface area contributed by atoms with E-state index < -0.39 is 5.92 Å². The zero-order valence-corrected chi connectivity index (χ0v) is 14.9. The Kier molecular flexibility index (Phi) is 5.39. The molecule has 1 aromatic carbocycles. The molecule has 3 N–H and O–H groups in total. The fourth-order valence-corrected chi connectivity index (χ4v) is 4.08. The summed E-state index contributed by atoms with van der Waals surface area (Å²) in [6, 6.07) is 8.03.